The van der Waals surface area contributed by atoms with E-state index in [1.165, 1.54) is 263 Å². The van der Waals surface area contributed by atoms with Crippen LogP contribution < -0.4 is 0 Å². The molecule has 0 aliphatic carbocycles. The second-order valence-corrected chi connectivity index (χ2v) is 23.7. The largest absolute Gasteiger partial charge is 0.462 e. The molecule has 0 aromatic heterocycles. The van der Waals surface area contributed by atoms with Gasteiger partial charge < -0.3 is 14.2 Å². The van der Waals surface area contributed by atoms with E-state index in [-0.39, 0.29) is 31.1 Å². The minimum Gasteiger partial charge on any atom is -0.462 e. The average Bonchev–Trinajstić information content (AvgIpc) is 3.36. The highest BCUT2D eigenvalue weighted by molar-refractivity contribution is 5.71. The van der Waals surface area contributed by atoms with Gasteiger partial charge in [-0.3, -0.25) is 14.4 Å². The van der Waals surface area contributed by atoms with Crippen LogP contribution in [-0.2, 0) is 28.6 Å². The minimum absolute atomic E-state index is 0.0616. The van der Waals surface area contributed by atoms with Crippen molar-refractivity contribution in [3.63, 3.8) is 0 Å². The SMILES string of the molecule is CCCCCCCCCCCCCCCCCC(=O)OC[C@@H](COC(=O)CCCCCCCCCCCCCCCCCCCCC(C)C)OC(=O)CCCCCCCCCCCCCCCCCC(C)C. The second-order valence-electron chi connectivity index (χ2n) is 23.7. The summed E-state index contributed by atoms with van der Waals surface area (Å²) in [6, 6.07) is 0. The molecule has 0 heterocycles. The fourth-order valence-electron chi connectivity index (χ4n) is 10.3. The van der Waals surface area contributed by atoms with Gasteiger partial charge in [-0.25, -0.2) is 0 Å². The molecule has 1 atom stereocenters. The summed E-state index contributed by atoms with van der Waals surface area (Å²) in [6.45, 7) is 11.5. The van der Waals surface area contributed by atoms with Crippen LogP contribution in [-0.4, -0.2) is 37.2 Å². The van der Waals surface area contributed by atoms with Gasteiger partial charge in [-0.15, -0.1) is 0 Å². The number of carbonyl (C=O) groups excluding carboxylic acids is 3. The fraction of sp³-hybridized carbons (Fsp3) is 0.955. The Morgan fingerprint density at radius 1 is 0.264 bits per heavy atom. The van der Waals surface area contributed by atoms with E-state index in [1.54, 1.807) is 0 Å². The molecule has 0 bridgehead atoms. The van der Waals surface area contributed by atoms with Crippen molar-refractivity contribution in [2.75, 3.05) is 13.2 Å². The van der Waals surface area contributed by atoms with Gasteiger partial charge in [0.2, 0.25) is 0 Å². The molecular weight excluding hydrogens is 889 g/mol. The quantitative estimate of drug-likeness (QED) is 0.0343. The van der Waals surface area contributed by atoms with E-state index >= 15 is 0 Å². The number of esters is 3. The zero-order chi connectivity index (χ0) is 52.5. The molecule has 0 rings (SSSR count). The van der Waals surface area contributed by atoms with Crippen molar-refractivity contribution in [3.8, 4) is 0 Å². The van der Waals surface area contributed by atoms with Gasteiger partial charge in [0.05, 0.1) is 0 Å². The summed E-state index contributed by atoms with van der Waals surface area (Å²) in [5.41, 5.74) is 0. The van der Waals surface area contributed by atoms with Crippen molar-refractivity contribution in [1.82, 2.24) is 0 Å². The number of rotatable bonds is 60. The van der Waals surface area contributed by atoms with Crippen LogP contribution in [0.4, 0.5) is 0 Å². The fourth-order valence-corrected chi connectivity index (χ4v) is 10.3. The van der Waals surface area contributed by atoms with Crippen LogP contribution in [0.2, 0.25) is 0 Å². The van der Waals surface area contributed by atoms with Gasteiger partial charge in [0.25, 0.3) is 0 Å². The Bertz CT molecular complexity index is 1100. The summed E-state index contributed by atoms with van der Waals surface area (Å²) >= 11 is 0. The summed E-state index contributed by atoms with van der Waals surface area (Å²) in [5, 5.41) is 0. The van der Waals surface area contributed by atoms with Crippen molar-refractivity contribution in [2.45, 2.75) is 381 Å². The van der Waals surface area contributed by atoms with E-state index in [0.717, 1.165) is 69.6 Å². The molecule has 0 aromatic rings. The van der Waals surface area contributed by atoms with E-state index in [4.69, 9.17) is 14.2 Å². The van der Waals surface area contributed by atoms with Gasteiger partial charge in [-0.1, -0.05) is 336 Å². The highest BCUT2D eigenvalue weighted by atomic mass is 16.6. The zero-order valence-electron chi connectivity index (χ0n) is 49.6. The molecule has 0 aliphatic heterocycles. The van der Waals surface area contributed by atoms with Crippen molar-refractivity contribution < 1.29 is 28.6 Å². The maximum absolute atomic E-state index is 12.9. The first kappa shape index (κ1) is 70.4. The van der Waals surface area contributed by atoms with E-state index in [1.807, 2.05) is 0 Å². The Morgan fingerprint density at radius 3 is 0.681 bits per heavy atom. The van der Waals surface area contributed by atoms with E-state index in [9.17, 15) is 14.4 Å². The highest BCUT2D eigenvalue weighted by Crippen LogP contribution is 2.19. The summed E-state index contributed by atoms with van der Waals surface area (Å²) in [7, 11) is 0. The van der Waals surface area contributed by atoms with Crippen molar-refractivity contribution in [3.05, 3.63) is 0 Å². The van der Waals surface area contributed by atoms with E-state index in [2.05, 4.69) is 34.6 Å². The summed E-state index contributed by atoms with van der Waals surface area (Å²) in [5.74, 6) is 0.878. The molecule has 0 aromatic carbocycles. The predicted octanol–water partition coefficient (Wildman–Crippen LogP) is 22.0. The predicted molar refractivity (Wildman–Crippen MR) is 312 cm³/mol. The van der Waals surface area contributed by atoms with Gasteiger partial charge in [-0.05, 0) is 31.1 Å². The molecule has 6 nitrogen and oxygen atoms in total. The summed E-state index contributed by atoms with van der Waals surface area (Å²) in [6.07, 6.45) is 65.3. The topological polar surface area (TPSA) is 78.9 Å². The number of hydrogen-bond donors (Lipinski definition) is 0. The molecule has 6 heteroatoms. The van der Waals surface area contributed by atoms with Crippen LogP contribution in [0.1, 0.15) is 375 Å². The minimum atomic E-state index is -0.764. The lowest BCUT2D eigenvalue weighted by atomic mass is 10.0. The van der Waals surface area contributed by atoms with Crippen molar-refractivity contribution in [1.29, 1.82) is 0 Å². The molecule has 0 N–H and O–H groups in total. The highest BCUT2D eigenvalue weighted by Gasteiger charge is 2.19. The van der Waals surface area contributed by atoms with E-state index < -0.39 is 6.10 Å². The Kier molecular flexibility index (Phi) is 57.4. The first-order valence-electron chi connectivity index (χ1n) is 32.7. The first-order valence-corrected chi connectivity index (χ1v) is 32.7. The van der Waals surface area contributed by atoms with Gasteiger partial charge in [0.15, 0.2) is 6.10 Å². The molecule has 0 radical (unpaired) electrons. The molecule has 72 heavy (non-hydrogen) atoms. The molecule has 0 spiro atoms. The molecule has 0 amide bonds. The summed E-state index contributed by atoms with van der Waals surface area (Å²) in [4.78, 5) is 38.3. The lowest BCUT2D eigenvalue weighted by molar-refractivity contribution is -0.167. The lowest BCUT2D eigenvalue weighted by Crippen LogP contribution is -2.30. The maximum atomic E-state index is 12.9. The Labute approximate surface area is 450 Å². The Morgan fingerprint density at radius 2 is 0.458 bits per heavy atom. The standard InChI is InChI=1S/C66H128O6/c1-6-7-8-9-10-11-12-13-19-26-31-36-41-46-51-56-64(67)70-59-63(72-66(69)58-53-48-43-38-33-28-23-18-21-25-30-35-40-45-50-55-62(4)5)60-71-65(68)57-52-47-42-37-32-27-22-17-15-14-16-20-24-29-34-39-44-49-54-61(2)3/h61-63H,6-60H2,1-5H3/t63-/m0/s1. The van der Waals surface area contributed by atoms with Crippen LogP contribution >= 0.6 is 0 Å². The van der Waals surface area contributed by atoms with Gasteiger partial charge in [0, 0.05) is 19.3 Å². The third kappa shape index (κ3) is 59.3. The van der Waals surface area contributed by atoms with Gasteiger partial charge in [0.1, 0.15) is 13.2 Å². The van der Waals surface area contributed by atoms with Crippen LogP contribution in [0.25, 0.3) is 0 Å². The number of carbonyl (C=O) groups is 3. The smallest absolute Gasteiger partial charge is 0.306 e. The molecule has 0 fully saturated rings. The van der Waals surface area contributed by atoms with Gasteiger partial charge >= 0.3 is 17.9 Å². The van der Waals surface area contributed by atoms with Crippen LogP contribution in [0.5, 0.6) is 0 Å². The number of ether oxygens (including phenoxy) is 3. The third-order valence-electron chi connectivity index (χ3n) is 15.2. The number of unbranched alkanes of at least 4 members (excludes halogenated alkanes) is 45. The number of hydrogen-bond acceptors (Lipinski definition) is 6. The molecule has 428 valence electrons. The monoisotopic (exact) mass is 1020 g/mol. The van der Waals surface area contributed by atoms with Crippen LogP contribution in [0.15, 0.2) is 0 Å². The second kappa shape index (κ2) is 58.7. The Hall–Kier alpha value is -1.59. The molecule has 0 saturated carbocycles. The maximum Gasteiger partial charge on any atom is 0.306 e. The average molecular weight is 1020 g/mol. The molecule has 0 saturated heterocycles. The normalized spacial score (nSPS) is 12.0. The molecule has 0 aliphatic rings. The van der Waals surface area contributed by atoms with Crippen molar-refractivity contribution in [2.24, 2.45) is 11.8 Å². The van der Waals surface area contributed by atoms with Gasteiger partial charge in [-0.2, -0.15) is 0 Å². The van der Waals surface area contributed by atoms with Crippen LogP contribution in [0, 0.1) is 11.8 Å². The Balaban J connectivity index is 4.26. The third-order valence-corrected chi connectivity index (χ3v) is 15.2. The zero-order valence-corrected chi connectivity index (χ0v) is 49.6. The first-order chi connectivity index (χ1) is 35.2. The van der Waals surface area contributed by atoms with E-state index in [0.29, 0.717) is 19.3 Å². The lowest BCUT2D eigenvalue weighted by Gasteiger charge is -2.18. The van der Waals surface area contributed by atoms with Crippen molar-refractivity contribution >= 4 is 17.9 Å². The summed E-state index contributed by atoms with van der Waals surface area (Å²) < 4.78 is 17.0. The molecule has 0 unspecified atom stereocenters. The molecular formula is C66H128O6. The van der Waals surface area contributed by atoms with Crippen LogP contribution in [0.3, 0.4) is 0 Å².